The van der Waals surface area contributed by atoms with Crippen LogP contribution in [-0.4, -0.2) is 82.0 Å². The van der Waals surface area contributed by atoms with E-state index in [0.29, 0.717) is 56.5 Å². The van der Waals surface area contributed by atoms with Crippen molar-refractivity contribution in [3.05, 3.63) is 12.1 Å². The Morgan fingerprint density at radius 2 is 1.72 bits per heavy atom. The Kier molecular flexibility index (Phi) is 9.44. The number of anilines is 2. The summed E-state index contributed by atoms with van der Waals surface area (Å²) in [5, 5.41) is 6.67. The molecule has 2 aliphatic rings. The van der Waals surface area contributed by atoms with Gasteiger partial charge in [-0.15, -0.1) is 0 Å². The van der Waals surface area contributed by atoms with Crippen molar-refractivity contribution < 1.29 is 19.0 Å². The van der Waals surface area contributed by atoms with Gasteiger partial charge in [-0.25, -0.2) is 0 Å². The number of nitrogens with zero attached hydrogens (tertiary/aromatic N) is 2. The Morgan fingerprint density at radius 1 is 1.06 bits per heavy atom. The van der Waals surface area contributed by atoms with Crippen LogP contribution in [0.1, 0.15) is 40.5 Å². The molecule has 0 aliphatic carbocycles. The SMILES string of the molecule is CCOc1cc(N2CCOCC2)c(OCC)cc1NC(=O)CN1CCC(NC(C)C)CC1. The van der Waals surface area contributed by atoms with Crippen molar-refractivity contribution in [1.29, 1.82) is 0 Å². The van der Waals surface area contributed by atoms with Gasteiger partial charge in [0, 0.05) is 50.4 Å². The summed E-state index contributed by atoms with van der Waals surface area (Å²) in [6.45, 7) is 14.6. The second-order valence-corrected chi connectivity index (χ2v) is 8.70. The molecule has 2 heterocycles. The molecule has 0 atom stereocenters. The average molecular weight is 449 g/mol. The molecule has 32 heavy (non-hydrogen) atoms. The molecule has 0 saturated carbocycles. The lowest BCUT2D eigenvalue weighted by Crippen LogP contribution is -2.46. The fourth-order valence-electron chi connectivity index (χ4n) is 4.37. The van der Waals surface area contributed by atoms with E-state index in [0.717, 1.165) is 50.5 Å². The van der Waals surface area contributed by atoms with Gasteiger partial charge in [0.05, 0.1) is 44.3 Å². The number of amides is 1. The molecule has 2 aliphatic heterocycles. The number of likely N-dealkylation sites (tertiary alicyclic amines) is 1. The molecule has 8 nitrogen and oxygen atoms in total. The van der Waals surface area contributed by atoms with Gasteiger partial charge in [0.15, 0.2) is 0 Å². The number of rotatable bonds is 10. The van der Waals surface area contributed by atoms with Crippen LogP contribution in [-0.2, 0) is 9.53 Å². The Morgan fingerprint density at radius 3 is 2.34 bits per heavy atom. The van der Waals surface area contributed by atoms with Crippen LogP contribution in [0.15, 0.2) is 12.1 Å². The summed E-state index contributed by atoms with van der Waals surface area (Å²) < 4.78 is 17.3. The molecule has 0 bridgehead atoms. The number of morpholine rings is 1. The maximum absolute atomic E-state index is 12.9. The zero-order chi connectivity index (χ0) is 22.9. The summed E-state index contributed by atoms with van der Waals surface area (Å²) in [5.41, 5.74) is 1.64. The molecule has 2 N–H and O–H groups in total. The summed E-state index contributed by atoms with van der Waals surface area (Å²) in [4.78, 5) is 17.3. The molecule has 0 aromatic heterocycles. The quantitative estimate of drug-likeness (QED) is 0.570. The zero-order valence-corrected chi connectivity index (χ0v) is 20.1. The van der Waals surface area contributed by atoms with Crippen LogP contribution in [0.4, 0.5) is 11.4 Å². The number of ether oxygens (including phenoxy) is 3. The van der Waals surface area contributed by atoms with E-state index >= 15 is 0 Å². The van der Waals surface area contributed by atoms with Crippen LogP contribution in [0.5, 0.6) is 11.5 Å². The standard InChI is InChI=1S/C24H40N4O4/c1-5-31-22-16-21(28-11-13-30-14-12-28)23(32-6-2)15-20(22)26-24(29)17-27-9-7-19(8-10-27)25-18(3)4/h15-16,18-19,25H,5-14,17H2,1-4H3,(H,26,29). The van der Waals surface area contributed by atoms with Crippen LogP contribution in [0.2, 0.25) is 0 Å². The highest BCUT2D eigenvalue weighted by atomic mass is 16.5. The maximum Gasteiger partial charge on any atom is 0.238 e. The lowest BCUT2D eigenvalue weighted by molar-refractivity contribution is -0.117. The number of benzene rings is 1. The molecule has 180 valence electrons. The third kappa shape index (κ3) is 6.98. The molecule has 1 amide bonds. The van der Waals surface area contributed by atoms with Crippen molar-refractivity contribution in [1.82, 2.24) is 10.2 Å². The van der Waals surface area contributed by atoms with Gasteiger partial charge in [-0.3, -0.25) is 9.69 Å². The minimum absolute atomic E-state index is 0.0252. The van der Waals surface area contributed by atoms with E-state index in [1.807, 2.05) is 26.0 Å². The molecule has 0 radical (unpaired) electrons. The lowest BCUT2D eigenvalue weighted by atomic mass is 10.0. The van der Waals surface area contributed by atoms with Crippen LogP contribution in [0, 0.1) is 0 Å². The van der Waals surface area contributed by atoms with Gasteiger partial charge < -0.3 is 29.7 Å². The van der Waals surface area contributed by atoms with Crippen molar-refractivity contribution >= 4 is 17.3 Å². The van der Waals surface area contributed by atoms with Crippen molar-refractivity contribution in [2.24, 2.45) is 0 Å². The van der Waals surface area contributed by atoms with E-state index in [1.165, 1.54) is 0 Å². The first-order valence-corrected chi connectivity index (χ1v) is 12.0. The van der Waals surface area contributed by atoms with Gasteiger partial charge >= 0.3 is 0 Å². The van der Waals surface area contributed by atoms with E-state index in [9.17, 15) is 4.79 Å². The molecular weight excluding hydrogens is 408 g/mol. The van der Waals surface area contributed by atoms with E-state index in [2.05, 4.69) is 34.3 Å². The highest BCUT2D eigenvalue weighted by Crippen LogP contribution is 2.39. The first kappa shape index (κ1) is 24.6. The Balaban J connectivity index is 1.67. The normalized spacial score (nSPS) is 18.1. The number of hydrogen-bond acceptors (Lipinski definition) is 7. The third-order valence-corrected chi connectivity index (χ3v) is 5.81. The van der Waals surface area contributed by atoms with Crippen LogP contribution < -0.4 is 25.0 Å². The Hall–Kier alpha value is -2.03. The first-order chi connectivity index (χ1) is 15.5. The number of carbonyl (C=O) groups is 1. The molecule has 2 saturated heterocycles. The monoisotopic (exact) mass is 448 g/mol. The van der Waals surface area contributed by atoms with Crippen molar-refractivity contribution in [2.75, 3.05) is 69.4 Å². The minimum atomic E-state index is -0.0252. The Bertz CT molecular complexity index is 729. The fraction of sp³-hybridized carbons (Fsp3) is 0.708. The van der Waals surface area contributed by atoms with Crippen molar-refractivity contribution in [2.45, 2.75) is 52.6 Å². The van der Waals surface area contributed by atoms with E-state index in [4.69, 9.17) is 14.2 Å². The van der Waals surface area contributed by atoms with Gasteiger partial charge in [0.2, 0.25) is 5.91 Å². The van der Waals surface area contributed by atoms with Gasteiger partial charge in [-0.05, 0) is 26.7 Å². The summed E-state index contributed by atoms with van der Waals surface area (Å²) >= 11 is 0. The van der Waals surface area contributed by atoms with Crippen molar-refractivity contribution in [3.8, 4) is 11.5 Å². The summed E-state index contributed by atoms with van der Waals surface area (Å²) in [5.74, 6) is 1.40. The predicted octanol–water partition coefficient (Wildman–Crippen LogP) is 2.72. The molecule has 2 fully saturated rings. The highest BCUT2D eigenvalue weighted by molar-refractivity contribution is 5.94. The summed E-state index contributed by atoms with van der Waals surface area (Å²) in [6.07, 6.45) is 2.14. The maximum atomic E-state index is 12.9. The number of nitrogens with one attached hydrogen (secondary N) is 2. The van der Waals surface area contributed by atoms with Crippen LogP contribution >= 0.6 is 0 Å². The molecule has 3 rings (SSSR count). The molecule has 8 heteroatoms. The number of piperidine rings is 1. The van der Waals surface area contributed by atoms with Gasteiger partial charge in [0.1, 0.15) is 11.5 Å². The first-order valence-electron chi connectivity index (χ1n) is 12.0. The number of hydrogen-bond donors (Lipinski definition) is 2. The van der Waals surface area contributed by atoms with Gasteiger partial charge in [-0.2, -0.15) is 0 Å². The second kappa shape index (κ2) is 12.3. The predicted molar refractivity (Wildman–Crippen MR) is 128 cm³/mol. The van der Waals surface area contributed by atoms with Crippen molar-refractivity contribution in [3.63, 3.8) is 0 Å². The molecule has 1 aromatic rings. The summed E-state index contributed by atoms with van der Waals surface area (Å²) in [7, 11) is 0. The topological polar surface area (TPSA) is 75.3 Å². The third-order valence-electron chi connectivity index (χ3n) is 5.81. The van der Waals surface area contributed by atoms with Crippen LogP contribution in [0.25, 0.3) is 0 Å². The second-order valence-electron chi connectivity index (χ2n) is 8.70. The van der Waals surface area contributed by atoms with Gasteiger partial charge in [-0.1, -0.05) is 13.8 Å². The molecule has 1 aromatic carbocycles. The average Bonchev–Trinajstić information content (AvgIpc) is 2.77. The van der Waals surface area contributed by atoms with Gasteiger partial charge in [0.25, 0.3) is 0 Å². The number of carbonyl (C=O) groups excluding carboxylic acids is 1. The van der Waals surface area contributed by atoms with E-state index in [1.54, 1.807) is 0 Å². The smallest absolute Gasteiger partial charge is 0.238 e. The Labute approximate surface area is 192 Å². The zero-order valence-electron chi connectivity index (χ0n) is 20.1. The molecular formula is C24H40N4O4. The van der Waals surface area contributed by atoms with Crippen LogP contribution in [0.3, 0.4) is 0 Å². The van der Waals surface area contributed by atoms with E-state index in [-0.39, 0.29) is 5.91 Å². The lowest BCUT2D eigenvalue weighted by Gasteiger charge is -2.33. The van der Waals surface area contributed by atoms with E-state index < -0.39 is 0 Å². The molecule has 0 spiro atoms. The largest absolute Gasteiger partial charge is 0.492 e. The minimum Gasteiger partial charge on any atom is -0.492 e. The molecule has 0 unspecified atom stereocenters. The fourth-order valence-corrected chi connectivity index (χ4v) is 4.37. The summed E-state index contributed by atoms with van der Waals surface area (Å²) in [6, 6.07) is 4.92. The highest BCUT2D eigenvalue weighted by Gasteiger charge is 2.23.